The Balaban J connectivity index is 1.82. The van der Waals surface area contributed by atoms with E-state index in [0.29, 0.717) is 23.6 Å². The van der Waals surface area contributed by atoms with E-state index in [4.69, 9.17) is 9.15 Å². The molecule has 0 unspecified atom stereocenters. The van der Waals surface area contributed by atoms with Crippen LogP contribution < -0.4 is 10.1 Å². The van der Waals surface area contributed by atoms with Gasteiger partial charge < -0.3 is 14.5 Å². The Morgan fingerprint density at radius 2 is 2.13 bits per heavy atom. The molecule has 1 N–H and O–H groups in total. The van der Waals surface area contributed by atoms with Gasteiger partial charge in [0.1, 0.15) is 5.75 Å². The fourth-order valence-electron chi connectivity index (χ4n) is 2.20. The maximum absolute atomic E-state index is 12.4. The molecule has 23 heavy (non-hydrogen) atoms. The van der Waals surface area contributed by atoms with Crippen molar-refractivity contribution < 1.29 is 13.9 Å². The minimum Gasteiger partial charge on any atom is -0.496 e. The molecule has 3 aromatic rings. The van der Waals surface area contributed by atoms with Gasteiger partial charge in [-0.3, -0.25) is 9.78 Å². The summed E-state index contributed by atoms with van der Waals surface area (Å²) < 4.78 is 10.7. The number of aromatic nitrogens is 2. The van der Waals surface area contributed by atoms with Crippen LogP contribution >= 0.6 is 0 Å². The summed E-state index contributed by atoms with van der Waals surface area (Å²) in [4.78, 5) is 20.4. The first-order valence-electron chi connectivity index (χ1n) is 7.03. The first-order chi connectivity index (χ1) is 11.3. The van der Waals surface area contributed by atoms with Gasteiger partial charge in [0, 0.05) is 18.9 Å². The average Bonchev–Trinajstić information content (AvgIpc) is 3.10. The predicted molar refractivity (Wildman–Crippen MR) is 83.9 cm³/mol. The highest BCUT2D eigenvalue weighted by Crippen LogP contribution is 2.31. The van der Waals surface area contributed by atoms with Gasteiger partial charge in [-0.05, 0) is 23.8 Å². The monoisotopic (exact) mass is 309 g/mol. The molecule has 0 aliphatic carbocycles. The number of nitrogens with zero attached hydrogens (tertiary/aromatic N) is 2. The highest BCUT2D eigenvalue weighted by atomic mass is 16.5. The molecular weight excluding hydrogens is 294 g/mol. The lowest BCUT2D eigenvalue weighted by molar-refractivity contribution is 0.0946. The minimum absolute atomic E-state index is 0.221. The normalized spacial score (nSPS) is 10.3. The predicted octanol–water partition coefficient (Wildman–Crippen LogP) is 2.68. The summed E-state index contributed by atoms with van der Waals surface area (Å²) >= 11 is 0. The second kappa shape index (κ2) is 6.74. The molecule has 0 saturated carbocycles. The lowest BCUT2D eigenvalue weighted by Gasteiger charge is -2.07. The zero-order chi connectivity index (χ0) is 16.1. The van der Waals surface area contributed by atoms with Gasteiger partial charge in [0.2, 0.25) is 0 Å². The molecule has 0 saturated heterocycles. The number of oxazole rings is 1. The lowest BCUT2D eigenvalue weighted by Crippen LogP contribution is -2.23. The van der Waals surface area contributed by atoms with Crippen LogP contribution in [0.2, 0.25) is 0 Å². The number of hydrogen-bond acceptors (Lipinski definition) is 5. The van der Waals surface area contributed by atoms with Gasteiger partial charge in [0.15, 0.2) is 17.8 Å². The molecule has 0 bridgehead atoms. The molecule has 0 aliphatic heterocycles. The van der Waals surface area contributed by atoms with Crippen LogP contribution in [0.25, 0.3) is 11.3 Å². The van der Waals surface area contributed by atoms with E-state index in [9.17, 15) is 4.79 Å². The Hall–Kier alpha value is -3.15. The van der Waals surface area contributed by atoms with Gasteiger partial charge in [-0.25, -0.2) is 4.98 Å². The average molecular weight is 309 g/mol. The van der Waals surface area contributed by atoms with Crippen molar-refractivity contribution in [1.82, 2.24) is 15.3 Å². The van der Waals surface area contributed by atoms with Crippen molar-refractivity contribution in [2.75, 3.05) is 7.11 Å². The van der Waals surface area contributed by atoms with Crippen molar-refractivity contribution in [3.63, 3.8) is 0 Å². The standard InChI is InChI=1S/C17H15N3O3/c1-22-14-7-3-2-6-13(14)16-15(20-11-23-16)17(21)19-10-12-5-4-8-18-9-12/h2-9,11H,10H2,1H3,(H,19,21). The molecule has 0 atom stereocenters. The van der Waals surface area contributed by atoms with E-state index in [1.165, 1.54) is 6.39 Å². The maximum Gasteiger partial charge on any atom is 0.274 e. The molecule has 6 heteroatoms. The van der Waals surface area contributed by atoms with Gasteiger partial charge in [-0.1, -0.05) is 18.2 Å². The second-order valence-corrected chi connectivity index (χ2v) is 4.77. The lowest BCUT2D eigenvalue weighted by atomic mass is 10.1. The van der Waals surface area contributed by atoms with E-state index in [1.54, 1.807) is 25.6 Å². The van der Waals surface area contributed by atoms with Gasteiger partial charge >= 0.3 is 0 Å². The topological polar surface area (TPSA) is 77.2 Å². The fourth-order valence-corrected chi connectivity index (χ4v) is 2.20. The first-order valence-corrected chi connectivity index (χ1v) is 7.03. The van der Waals surface area contributed by atoms with Crippen LogP contribution in [0.1, 0.15) is 16.1 Å². The number of carbonyl (C=O) groups excluding carboxylic acids is 1. The molecular formula is C17H15N3O3. The van der Waals surface area contributed by atoms with Crippen LogP contribution in [-0.4, -0.2) is 23.0 Å². The van der Waals surface area contributed by atoms with Crippen molar-refractivity contribution >= 4 is 5.91 Å². The number of pyridine rings is 1. The van der Waals surface area contributed by atoms with E-state index in [2.05, 4.69) is 15.3 Å². The molecule has 6 nitrogen and oxygen atoms in total. The Kier molecular flexibility index (Phi) is 4.33. The minimum atomic E-state index is -0.316. The summed E-state index contributed by atoms with van der Waals surface area (Å²) in [5.41, 5.74) is 1.81. The van der Waals surface area contributed by atoms with Crippen molar-refractivity contribution in [3.05, 3.63) is 66.4 Å². The molecule has 1 aromatic carbocycles. The molecule has 2 heterocycles. The summed E-state index contributed by atoms with van der Waals surface area (Å²) in [6, 6.07) is 11.0. The Morgan fingerprint density at radius 1 is 1.26 bits per heavy atom. The molecule has 3 rings (SSSR count). The third kappa shape index (κ3) is 3.21. The van der Waals surface area contributed by atoms with E-state index in [-0.39, 0.29) is 11.6 Å². The first kappa shape index (κ1) is 14.8. The van der Waals surface area contributed by atoms with E-state index >= 15 is 0 Å². The third-order valence-corrected chi connectivity index (χ3v) is 3.31. The quantitative estimate of drug-likeness (QED) is 0.784. The van der Waals surface area contributed by atoms with Crippen molar-refractivity contribution in [3.8, 4) is 17.1 Å². The maximum atomic E-state index is 12.4. The van der Waals surface area contributed by atoms with E-state index in [1.807, 2.05) is 30.3 Å². The number of hydrogen-bond donors (Lipinski definition) is 1. The van der Waals surface area contributed by atoms with Crippen LogP contribution in [0.5, 0.6) is 5.75 Å². The van der Waals surface area contributed by atoms with Crippen molar-refractivity contribution in [1.29, 1.82) is 0 Å². The van der Waals surface area contributed by atoms with Crippen molar-refractivity contribution in [2.24, 2.45) is 0 Å². The smallest absolute Gasteiger partial charge is 0.274 e. The SMILES string of the molecule is COc1ccccc1-c1ocnc1C(=O)NCc1cccnc1. The van der Waals surface area contributed by atoms with Crippen LogP contribution in [0.4, 0.5) is 0 Å². The summed E-state index contributed by atoms with van der Waals surface area (Å²) in [5, 5.41) is 2.81. The summed E-state index contributed by atoms with van der Waals surface area (Å²) in [6.45, 7) is 0.366. The fraction of sp³-hybridized carbons (Fsp3) is 0.118. The molecule has 0 fully saturated rings. The largest absolute Gasteiger partial charge is 0.496 e. The highest BCUT2D eigenvalue weighted by molar-refractivity contribution is 5.98. The number of benzene rings is 1. The number of amides is 1. The zero-order valence-corrected chi connectivity index (χ0v) is 12.5. The van der Waals surface area contributed by atoms with Crippen LogP contribution in [0, 0.1) is 0 Å². The highest BCUT2D eigenvalue weighted by Gasteiger charge is 2.20. The van der Waals surface area contributed by atoms with Crippen LogP contribution in [0.3, 0.4) is 0 Å². The van der Waals surface area contributed by atoms with Gasteiger partial charge in [0.25, 0.3) is 5.91 Å². The van der Waals surface area contributed by atoms with E-state index < -0.39 is 0 Å². The second-order valence-electron chi connectivity index (χ2n) is 4.77. The molecule has 2 aromatic heterocycles. The van der Waals surface area contributed by atoms with Gasteiger partial charge in [-0.2, -0.15) is 0 Å². The Labute approximate surface area is 133 Å². The number of rotatable bonds is 5. The van der Waals surface area contributed by atoms with Crippen molar-refractivity contribution in [2.45, 2.75) is 6.54 Å². The zero-order valence-electron chi connectivity index (χ0n) is 12.5. The molecule has 0 radical (unpaired) electrons. The number of para-hydroxylation sites is 1. The molecule has 0 spiro atoms. The van der Waals surface area contributed by atoms with Gasteiger partial charge in [0.05, 0.1) is 12.7 Å². The number of methoxy groups -OCH3 is 1. The Morgan fingerprint density at radius 3 is 2.91 bits per heavy atom. The van der Waals surface area contributed by atoms with Crippen LogP contribution in [0.15, 0.2) is 59.6 Å². The third-order valence-electron chi connectivity index (χ3n) is 3.31. The summed E-state index contributed by atoms with van der Waals surface area (Å²) in [5.74, 6) is 0.681. The number of ether oxygens (including phenoxy) is 1. The summed E-state index contributed by atoms with van der Waals surface area (Å²) in [6.07, 6.45) is 4.63. The Bertz CT molecular complexity index is 800. The van der Waals surface area contributed by atoms with Gasteiger partial charge in [-0.15, -0.1) is 0 Å². The van der Waals surface area contributed by atoms with E-state index in [0.717, 1.165) is 5.56 Å². The molecule has 116 valence electrons. The number of nitrogens with one attached hydrogen (secondary N) is 1. The van der Waals surface area contributed by atoms with Crippen LogP contribution in [-0.2, 0) is 6.54 Å². The number of carbonyl (C=O) groups is 1. The summed E-state index contributed by atoms with van der Waals surface area (Å²) in [7, 11) is 1.57. The molecule has 1 amide bonds. The molecule has 0 aliphatic rings.